The van der Waals surface area contributed by atoms with Gasteiger partial charge in [0.05, 0.1) is 18.1 Å². The first kappa shape index (κ1) is 13.9. The number of rotatable bonds is 6. The molecule has 1 atom stereocenters. The van der Waals surface area contributed by atoms with Gasteiger partial charge in [-0.3, -0.25) is 9.59 Å². The van der Waals surface area contributed by atoms with E-state index < -0.39 is 17.6 Å². The van der Waals surface area contributed by atoms with E-state index >= 15 is 0 Å². The molecule has 17 heavy (non-hydrogen) atoms. The van der Waals surface area contributed by atoms with Crippen molar-refractivity contribution in [3.05, 3.63) is 0 Å². The van der Waals surface area contributed by atoms with Crippen LogP contribution in [0.5, 0.6) is 0 Å². The first-order chi connectivity index (χ1) is 7.98. The average molecular weight is 244 g/mol. The molecule has 1 amide bonds. The first-order valence-electron chi connectivity index (χ1n) is 5.80. The van der Waals surface area contributed by atoms with Crippen molar-refractivity contribution in [2.45, 2.75) is 43.7 Å². The number of ether oxygens (including phenoxy) is 1. The van der Waals surface area contributed by atoms with E-state index in [1.54, 1.807) is 0 Å². The summed E-state index contributed by atoms with van der Waals surface area (Å²) in [7, 11) is 1.42. The average Bonchev–Trinajstić information content (AvgIpc) is 2.71. The zero-order valence-corrected chi connectivity index (χ0v) is 10.1. The molecule has 0 saturated heterocycles. The van der Waals surface area contributed by atoms with Crippen molar-refractivity contribution < 1.29 is 19.4 Å². The fourth-order valence-electron chi connectivity index (χ4n) is 2.05. The molecule has 1 unspecified atom stereocenters. The Kier molecular flexibility index (Phi) is 4.89. The van der Waals surface area contributed by atoms with Crippen LogP contribution in [0.25, 0.3) is 0 Å². The summed E-state index contributed by atoms with van der Waals surface area (Å²) >= 11 is 0. The number of hydrogen-bond acceptors (Lipinski definition) is 4. The lowest BCUT2D eigenvalue weighted by molar-refractivity contribution is -0.140. The lowest BCUT2D eigenvalue weighted by Gasteiger charge is -2.23. The molecule has 0 aromatic carbocycles. The standard InChI is InChI=1S/C11H20N2O4/c1-17-8(6-9(14)15)7-13-10(16)11(12)4-2-3-5-11/h8H,2-7,12H2,1H3,(H,13,16)(H,14,15). The van der Waals surface area contributed by atoms with Crippen LogP contribution in [0, 0.1) is 0 Å². The molecule has 0 aromatic rings. The van der Waals surface area contributed by atoms with E-state index in [1.165, 1.54) is 7.11 Å². The molecule has 1 saturated carbocycles. The summed E-state index contributed by atoms with van der Waals surface area (Å²) in [6.07, 6.45) is 2.67. The molecule has 1 fully saturated rings. The van der Waals surface area contributed by atoms with Gasteiger partial charge in [-0.15, -0.1) is 0 Å². The number of nitrogens with two attached hydrogens (primary N) is 1. The van der Waals surface area contributed by atoms with Crippen LogP contribution in [0.4, 0.5) is 0 Å². The Morgan fingerprint density at radius 3 is 2.53 bits per heavy atom. The minimum absolute atomic E-state index is 0.131. The molecule has 0 aliphatic heterocycles. The van der Waals surface area contributed by atoms with E-state index in [4.69, 9.17) is 15.6 Å². The van der Waals surface area contributed by atoms with Crippen LogP contribution in [0.2, 0.25) is 0 Å². The third-order valence-electron chi connectivity index (χ3n) is 3.17. The lowest BCUT2D eigenvalue weighted by atomic mass is 9.98. The van der Waals surface area contributed by atoms with Gasteiger partial charge < -0.3 is 20.9 Å². The fourth-order valence-corrected chi connectivity index (χ4v) is 2.05. The lowest BCUT2D eigenvalue weighted by Crippen LogP contribution is -2.53. The van der Waals surface area contributed by atoms with Gasteiger partial charge in [0.2, 0.25) is 5.91 Å². The van der Waals surface area contributed by atoms with Crippen LogP contribution in [0.3, 0.4) is 0 Å². The van der Waals surface area contributed by atoms with Crippen molar-refractivity contribution >= 4 is 11.9 Å². The van der Waals surface area contributed by atoms with E-state index in [2.05, 4.69) is 5.32 Å². The summed E-state index contributed by atoms with van der Waals surface area (Å²) in [4.78, 5) is 22.3. The Balaban J connectivity index is 2.38. The highest BCUT2D eigenvalue weighted by Gasteiger charge is 2.36. The predicted molar refractivity (Wildman–Crippen MR) is 61.4 cm³/mol. The summed E-state index contributed by atoms with van der Waals surface area (Å²) in [5.74, 6) is -1.16. The molecule has 4 N–H and O–H groups in total. The number of carbonyl (C=O) groups excluding carboxylic acids is 1. The quantitative estimate of drug-likeness (QED) is 0.604. The molecule has 0 spiro atoms. The van der Waals surface area contributed by atoms with Gasteiger partial charge in [-0.2, -0.15) is 0 Å². The van der Waals surface area contributed by atoms with Crippen molar-refractivity contribution in [2.24, 2.45) is 5.73 Å². The number of hydrogen-bond donors (Lipinski definition) is 3. The van der Waals surface area contributed by atoms with Gasteiger partial charge in [0, 0.05) is 13.7 Å². The molecule has 0 heterocycles. The SMILES string of the molecule is COC(CNC(=O)C1(N)CCCC1)CC(=O)O. The third-order valence-corrected chi connectivity index (χ3v) is 3.17. The molecule has 1 rings (SSSR count). The number of amides is 1. The van der Waals surface area contributed by atoms with E-state index in [1.807, 2.05) is 0 Å². The second-order valence-corrected chi connectivity index (χ2v) is 4.53. The van der Waals surface area contributed by atoms with Crippen molar-refractivity contribution in [2.75, 3.05) is 13.7 Å². The summed E-state index contributed by atoms with van der Waals surface area (Å²) in [5, 5.41) is 11.3. The van der Waals surface area contributed by atoms with E-state index in [0.29, 0.717) is 12.8 Å². The van der Waals surface area contributed by atoms with Gasteiger partial charge in [0.25, 0.3) is 0 Å². The maximum absolute atomic E-state index is 11.8. The van der Waals surface area contributed by atoms with E-state index in [9.17, 15) is 9.59 Å². The van der Waals surface area contributed by atoms with Crippen molar-refractivity contribution in [3.8, 4) is 0 Å². The monoisotopic (exact) mass is 244 g/mol. The summed E-state index contributed by atoms with van der Waals surface area (Å²) in [6.45, 7) is 0.181. The van der Waals surface area contributed by atoms with Gasteiger partial charge in [-0.25, -0.2) is 0 Å². The van der Waals surface area contributed by atoms with Gasteiger partial charge >= 0.3 is 5.97 Å². The Bertz CT molecular complexity index is 287. The minimum Gasteiger partial charge on any atom is -0.481 e. The van der Waals surface area contributed by atoms with Gasteiger partial charge in [-0.1, -0.05) is 12.8 Å². The van der Waals surface area contributed by atoms with Gasteiger partial charge in [-0.05, 0) is 12.8 Å². The molecule has 0 radical (unpaired) electrons. The van der Waals surface area contributed by atoms with Crippen LogP contribution in [0.15, 0.2) is 0 Å². The predicted octanol–water partition coefficient (Wildman–Crippen LogP) is -0.136. The van der Waals surface area contributed by atoms with Crippen LogP contribution in [0.1, 0.15) is 32.1 Å². The number of carboxylic acids is 1. The highest BCUT2D eigenvalue weighted by molar-refractivity contribution is 5.86. The Labute approximate surface area is 101 Å². The zero-order valence-electron chi connectivity index (χ0n) is 10.1. The Hall–Kier alpha value is -1.14. The molecule has 98 valence electrons. The van der Waals surface area contributed by atoms with Crippen LogP contribution < -0.4 is 11.1 Å². The smallest absolute Gasteiger partial charge is 0.306 e. The van der Waals surface area contributed by atoms with E-state index in [-0.39, 0.29) is 18.9 Å². The third kappa shape index (κ3) is 3.98. The minimum atomic E-state index is -0.950. The molecular formula is C11H20N2O4. The Morgan fingerprint density at radius 2 is 2.06 bits per heavy atom. The number of carbonyl (C=O) groups is 2. The molecule has 6 nitrogen and oxygen atoms in total. The highest BCUT2D eigenvalue weighted by Crippen LogP contribution is 2.27. The van der Waals surface area contributed by atoms with Crippen LogP contribution >= 0.6 is 0 Å². The second-order valence-electron chi connectivity index (χ2n) is 4.53. The molecule has 1 aliphatic rings. The van der Waals surface area contributed by atoms with Gasteiger partial charge in [0.15, 0.2) is 0 Å². The molecule has 0 aromatic heterocycles. The van der Waals surface area contributed by atoms with Crippen molar-refractivity contribution in [1.29, 1.82) is 0 Å². The molecular weight excluding hydrogens is 224 g/mol. The number of nitrogens with one attached hydrogen (secondary N) is 1. The highest BCUT2D eigenvalue weighted by atomic mass is 16.5. The van der Waals surface area contributed by atoms with Crippen molar-refractivity contribution in [1.82, 2.24) is 5.32 Å². The number of aliphatic carboxylic acids is 1. The normalized spacial score (nSPS) is 19.9. The number of carboxylic acid groups (broad SMARTS) is 1. The summed E-state index contributed by atoms with van der Waals surface area (Å²) in [6, 6.07) is 0. The summed E-state index contributed by atoms with van der Waals surface area (Å²) in [5.41, 5.74) is 5.19. The van der Waals surface area contributed by atoms with Gasteiger partial charge in [0.1, 0.15) is 0 Å². The zero-order chi connectivity index (χ0) is 12.9. The first-order valence-corrected chi connectivity index (χ1v) is 5.80. The maximum atomic E-state index is 11.8. The largest absolute Gasteiger partial charge is 0.481 e. The van der Waals surface area contributed by atoms with Crippen LogP contribution in [-0.2, 0) is 14.3 Å². The van der Waals surface area contributed by atoms with Crippen molar-refractivity contribution in [3.63, 3.8) is 0 Å². The summed E-state index contributed by atoms with van der Waals surface area (Å²) < 4.78 is 4.97. The number of methoxy groups -OCH3 is 1. The molecule has 1 aliphatic carbocycles. The van der Waals surface area contributed by atoms with Crippen LogP contribution in [-0.4, -0.2) is 42.3 Å². The Morgan fingerprint density at radius 1 is 1.47 bits per heavy atom. The molecule has 0 bridgehead atoms. The second kappa shape index (κ2) is 5.97. The fraction of sp³-hybridized carbons (Fsp3) is 0.818. The maximum Gasteiger partial charge on any atom is 0.306 e. The topological polar surface area (TPSA) is 102 Å². The molecule has 6 heteroatoms. The van der Waals surface area contributed by atoms with E-state index in [0.717, 1.165) is 12.8 Å².